The van der Waals surface area contributed by atoms with Gasteiger partial charge in [-0.15, -0.1) is 0 Å². The number of hydrogen-bond donors (Lipinski definition) is 1. The van der Waals surface area contributed by atoms with Crippen LogP contribution in [0.15, 0.2) is 35.3 Å². The number of likely N-dealkylation sites (N-methyl/N-ethyl adjacent to an activating group) is 1. The van der Waals surface area contributed by atoms with Gasteiger partial charge in [0, 0.05) is 18.8 Å². The number of carboxylic acids is 1. The Balaban J connectivity index is 2.39. The van der Waals surface area contributed by atoms with E-state index >= 15 is 0 Å². The minimum absolute atomic E-state index is 0.167. The lowest BCUT2D eigenvalue weighted by atomic mass is 10.0. The molecule has 2 aromatic heterocycles. The van der Waals surface area contributed by atoms with Crippen LogP contribution in [-0.4, -0.2) is 37.4 Å². The molecule has 0 saturated heterocycles. The first-order valence-corrected chi connectivity index (χ1v) is 6.82. The number of nitrogens with zero attached hydrogens (tertiary/aromatic N) is 3. The van der Waals surface area contributed by atoms with Gasteiger partial charge < -0.3 is 5.11 Å². The van der Waals surface area contributed by atoms with Gasteiger partial charge in [0.25, 0.3) is 5.56 Å². The third-order valence-corrected chi connectivity index (χ3v) is 3.67. The highest BCUT2D eigenvalue weighted by molar-refractivity contribution is 5.77. The highest BCUT2D eigenvalue weighted by atomic mass is 16.4. The normalized spacial score (nSPS) is 12.0. The lowest BCUT2D eigenvalue weighted by Gasteiger charge is -2.33. The topological polar surface area (TPSA) is 74.9 Å². The Kier molecular flexibility index (Phi) is 4.09. The van der Waals surface area contributed by atoms with Gasteiger partial charge in [-0.05, 0) is 32.5 Å². The van der Waals surface area contributed by atoms with Crippen molar-refractivity contribution in [2.75, 3.05) is 6.54 Å². The van der Waals surface area contributed by atoms with Crippen LogP contribution in [0.2, 0.25) is 0 Å². The molecule has 0 spiro atoms. The van der Waals surface area contributed by atoms with Gasteiger partial charge in [-0.25, -0.2) is 4.98 Å². The first kappa shape index (κ1) is 15.2. The molecule has 0 aliphatic carbocycles. The summed E-state index contributed by atoms with van der Waals surface area (Å²) in [4.78, 5) is 29.6. The summed E-state index contributed by atoms with van der Waals surface area (Å²) in [6.45, 7) is 6.05. The summed E-state index contributed by atoms with van der Waals surface area (Å²) >= 11 is 0. The molecule has 0 aromatic carbocycles. The van der Waals surface area contributed by atoms with Crippen LogP contribution in [0.4, 0.5) is 0 Å². The molecule has 6 nitrogen and oxygen atoms in total. The Labute approximate surface area is 122 Å². The van der Waals surface area contributed by atoms with Crippen molar-refractivity contribution in [2.24, 2.45) is 0 Å². The maximum absolute atomic E-state index is 12.0. The number of carboxylic acid groups (broad SMARTS) is 1. The molecule has 6 heteroatoms. The first-order chi connectivity index (χ1) is 9.86. The maximum Gasteiger partial charge on any atom is 0.323 e. The predicted octanol–water partition coefficient (Wildman–Crippen LogP) is 1.38. The van der Waals surface area contributed by atoms with Crippen molar-refractivity contribution in [1.82, 2.24) is 14.3 Å². The minimum atomic E-state index is -1.02. The van der Waals surface area contributed by atoms with Crippen molar-refractivity contribution in [1.29, 1.82) is 0 Å². The average molecular weight is 289 g/mol. The third-order valence-electron chi connectivity index (χ3n) is 3.67. The Morgan fingerprint density at radius 2 is 2.14 bits per heavy atom. The summed E-state index contributed by atoms with van der Waals surface area (Å²) in [5.41, 5.74) is -0.0514. The third kappa shape index (κ3) is 2.95. The molecule has 0 unspecified atom stereocenters. The molecule has 21 heavy (non-hydrogen) atoms. The van der Waals surface area contributed by atoms with Crippen molar-refractivity contribution >= 4 is 11.6 Å². The van der Waals surface area contributed by atoms with Crippen molar-refractivity contribution in [3.63, 3.8) is 0 Å². The van der Waals surface area contributed by atoms with Gasteiger partial charge in [0.2, 0.25) is 0 Å². The Morgan fingerprint density at radius 3 is 2.76 bits per heavy atom. The van der Waals surface area contributed by atoms with Crippen LogP contribution in [0.5, 0.6) is 0 Å². The van der Waals surface area contributed by atoms with E-state index in [1.54, 1.807) is 37.1 Å². The van der Waals surface area contributed by atoms with Gasteiger partial charge in [0.1, 0.15) is 11.2 Å². The maximum atomic E-state index is 12.0. The lowest BCUT2D eigenvalue weighted by molar-refractivity contribution is -0.149. The fraction of sp³-hybridized carbons (Fsp3) is 0.400. The van der Waals surface area contributed by atoms with Crippen LogP contribution in [0.3, 0.4) is 0 Å². The second-order valence-corrected chi connectivity index (χ2v) is 5.39. The summed E-state index contributed by atoms with van der Waals surface area (Å²) in [6, 6.07) is 6.78. The quantitative estimate of drug-likeness (QED) is 0.900. The molecule has 0 aliphatic rings. The smallest absolute Gasteiger partial charge is 0.323 e. The van der Waals surface area contributed by atoms with Crippen molar-refractivity contribution in [3.8, 4) is 0 Å². The van der Waals surface area contributed by atoms with Crippen molar-refractivity contribution in [2.45, 2.75) is 32.9 Å². The SMILES string of the molecule is CCN(Cc1cc(=O)n2ccccc2n1)C(C)(C)C(=O)O. The number of hydrogen-bond acceptors (Lipinski definition) is 4. The molecule has 2 aromatic rings. The van der Waals surface area contributed by atoms with Crippen LogP contribution >= 0.6 is 0 Å². The molecule has 0 atom stereocenters. The van der Waals surface area contributed by atoms with E-state index in [-0.39, 0.29) is 5.56 Å². The summed E-state index contributed by atoms with van der Waals surface area (Å²) in [7, 11) is 0. The molecule has 0 bridgehead atoms. The Bertz CT molecular complexity index is 721. The summed E-state index contributed by atoms with van der Waals surface area (Å²) in [5, 5.41) is 9.32. The van der Waals surface area contributed by atoms with E-state index in [1.165, 1.54) is 10.5 Å². The lowest BCUT2D eigenvalue weighted by Crippen LogP contribution is -2.49. The molecule has 0 aliphatic heterocycles. The molecular weight excluding hydrogens is 270 g/mol. The highest BCUT2D eigenvalue weighted by Crippen LogP contribution is 2.17. The molecule has 0 radical (unpaired) electrons. The Hall–Kier alpha value is -2.21. The van der Waals surface area contributed by atoms with E-state index in [0.29, 0.717) is 24.4 Å². The zero-order valence-electron chi connectivity index (χ0n) is 12.4. The zero-order chi connectivity index (χ0) is 15.6. The average Bonchev–Trinajstić information content (AvgIpc) is 2.44. The van der Waals surface area contributed by atoms with Crippen LogP contribution in [0.25, 0.3) is 5.65 Å². The van der Waals surface area contributed by atoms with Gasteiger partial charge in [-0.1, -0.05) is 13.0 Å². The van der Waals surface area contributed by atoms with Crippen LogP contribution < -0.4 is 5.56 Å². The van der Waals surface area contributed by atoms with Crippen LogP contribution in [0, 0.1) is 0 Å². The summed E-state index contributed by atoms with van der Waals surface area (Å²) < 4.78 is 1.46. The number of aromatic nitrogens is 2. The van der Waals surface area contributed by atoms with Crippen LogP contribution in [-0.2, 0) is 11.3 Å². The van der Waals surface area contributed by atoms with E-state index < -0.39 is 11.5 Å². The first-order valence-electron chi connectivity index (χ1n) is 6.82. The van der Waals surface area contributed by atoms with Gasteiger partial charge in [0.15, 0.2) is 0 Å². The van der Waals surface area contributed by atoms with E-state index in [2.05, 4.69) is 4.98 Å². The van der Waals surface area contributed by atoms with E-state index in [1.807, 2.05) is 13.0 Å². The fourth-order valence-corrected chi connectivity index (χ4v) is 2.22. The molecule has 2 heterocycles. The number of pyridine rings is 1. The van der Waals surface area contributed by atoms with Crippen molar-refractivity contribution < 1.29 is 9.90 Å². The molecule has 2 rings (SSSR count). The number of aliphatic carboxylic acids is 1. The highest BCUT2D eigenvalue weighted by Gasteiger charge is 2.33. The largest absolute Gasteiger partial charge is 0.480 e. The van der Waals surface area contributed by atoms with Crippen molar-refractivity contribution in [3.05, 3.63) is 46.5 Å². The number of fused-ring (bicyclic) bond motifs is 1. The number of carbonyl (C=O) groups is 1. The van der Waals surface area contributed by atoms with Gasteiger partial charge >= 0.3 is 5.97 Å². The zero-order valence-corrected chi connectivity index (χ0v) is 12.4. The van der Waals surface area contributed by atoms with Gasteiger partial charge in [-0.2, -0.15) is 0 Å². The van der Waals surface area contributed by atoms with Gasteiger partial charge in [-0.3, -0.25) is 18.9 Å². The second-order valence-electron chi connectivity index (χ2n) is 5.39. The standard InChI is InChI=1S/C15H19N3O3/c1-4-17(15(2,3)14(20)21)10-11-9-13(19)18-8-6-5-7-12(18)16-11/h5-9H,4,10H2,1-3H3,(H,20,21). The monoisotopic (exact) mass is 289 g/mol. The second kappa shape index (κ2) is 5.65. The molecule has 1 N–H and O–H groups in total. The minimum Gasteiger partial charge on any atom is -0.480 e. The van der Waals surface area contributed by atoms with E-state index in [0.717, 1.165) is 0 Å². The molecule has 0 amide bonds. The molecule has 0 fully saturated rings. The molecule has 112 valence electrons. The predicted molar refractivity (Wildman–Crippen MR) is 79.3 cm³/mol. The van der Waals surface area contributed by atoms with Gasteiger partial charge in [0.05, 0.1) is 5.69 Å². The Morgan fingerprint density at radius 1 is 1.43 bits per heavy atom. The summed E-state index contributed by atoms with van der Waals surface area (Å²) in [5.74, 6) is -0.901. The fourth-order valence-electron chi connectivity index (χ4n) is 2.22. The molecule has 0 saturated carbocycles. The van der Waals surface area contributed by atoms with E-state index in [9.17, 15) is 14.7 Å². The van der Waals surface area contributed by atoms with Crippen LogP contribution in [0.1, 0.15) is 26.5 Å². The summed E-state index contributed by atoms with van der Waals surface area (Å²) in [6.07, 6.45) is 1.66. The number of rotatable bonds is 5. The van der Waals surface area contributed by atoms with E-state index in [4.69, 9.17) is 0 Å². The molecular formula is C15H19N3O3.